The van der Waals surface area contributed by atoms with E-state index in [1.807, 2.05) is 12.2 Å². The molecule has 1 aliphatic rings. The molecule has 78 valence electrons. The Morgan fingerprint density at radius 2 is 2.00 bits per heavy atom. The fourth-order valence-electron chi connectivity index (χ4n) is 1.59. The molecule has 3 heteroatoms. The summed E-state index contributed by atoms with van der Waals surface area (Å²) in [5, 5.41) is 2.47. The van der Waals surface area contributed by atoms with Gasteiger partial charge in [0.15, 0.2) is 0 Å². The summed E-state index contributed by atoms with van der Waals surface area (Å²) in [7, 11) is 2.16. The third kappa shape index (κ3) is 4.23. The summed E-state index contributed by atoms with van der Waals surface area (Å²) in [6.07, 6.45) is 10.9. The zero-order chi connectivity index (χ0) is 10.2. The van der Waals surface area contributed by atoms with Crippen LogP contribution in [0.1, 0.15) is 12.8 Å². The Labute approximate surface area is 85.5 Å². The lowest BCUT2D eigenvalue weighted by molar-refractivity contribution is -0.108. The van der Waals surface area contributed by atoms with Crippen molar-refractivity contribution in [1.29, 1.82) is 0 Å². The fraction of sp³-hybridized carbons (Fsp3) is 0.545. The van der Waals surface area contributed by atoms with Gasteiger partial charge in [0.1, 0.15) is 0 Å². The van der Waals surface area contributed by atoms with Crippen molar-refractivity contribution in [1.82, 2.24) is 10.2 Å². The minimum atomic E-state index is 0.667. The van der Waals surface area contributed by atoms with Gasteiger partial charge in [-0.3, -0.25) is 4.79 Å². The molecule has 1 rings (SSSR count). The molecule has 0 aromatic heterocycles. The molecule has 1 amide bonds. The van der Waals surface area contributed by atoms with Crippen LogP contribution in [-0.4, -0.2) is 31.4 Å². The Morgan fingerprint density at radius 3 is 2.64 bits per heavy atom. The first-order valence-electron chi connectivity index (χ1n) is 5.04. The van der Waals surface area contributed by atoms with Gasteiger partial charge in [-0.2, -0.15) is 0 Å². The van der Waals surface area contributed by atoms with Crippen LogP contribution in [0.5, 0.6) is 0 Å². The molecule has 0 saturated carbocycles. The molecule has 1 N–H and O–H groups in total. The van der Waals surface area contributed by atoms with E-state index < -0.39 is 0 Å². The Kier molecular flexibility index (Phi) is 5.00. The van der Waals surface area contributed by atoms with Crippen molar-refractivity contribution in [3.05, 3.63) is 24.4 Å². The van der Waals surface area contributed by atoms with Crippen molar-refractivity contribution in [2.45, 2.75) is 12.8 Å². The van der Waals surface area contributed by atoms with E-state index in [9.17, 15) is 4.79 Å². The number of amides is 1. The van der Waals surface area contributed by atoms with Crippen molar-refractivity contribution in [2.24, 2.45) is 5.92 Å². The van der Waals surface area contributed by atoms with Crippen LogP contribution in [0, 0.1) is 5.92 Å². The van der Waals surface area contributed by atoms with E-state index >= 15 is 0 Å². The summed E-state index contributed by atoms with van der Waals surface area (Å²) < 4.78 is 0. The first kappa shape index (κ1) is 11.0. The second-order valence-electron chi connectivity index (χ2n) is 3.67. The van der Waals surface area contributed by atoms with E-state index in [4.69, 9.17) is 0 Å². The highest BCUT2D eigenvalue weighted by Crippen LogP contribution is 2.16. The molecule has 14 heavy (non-hydrogen) atoms. The van der Waals surface area contributed by atoms with E-state index in [1.54, 1.807) is 6.20 Å². The van der Waals surface area contributed by atoms with Gasteiger partial charge in [-0.1, -0.05) is 12.2 Å². The minimum absolute atomic E-state index is 0.667. The van der Waals surface area contributed by atoms with E-state index in [1.165, 1.54) is 25.9 Å². The second-order valence-corrected chi connectivity index (χ2v) is 3.67. The maximum atomic E-state index is 9.91. The minimum Gasteiger partial charge on any atom is -0.335 e. The number of hydrogen-bond acceptors (Lipinski definition) is 2. The van der Waals surface area contributed by atoms with Crippen LogP contribution >= 0.6 is 0 Å². The van der Waals surface area contributed by atoms with Gasteiger partial charge in [-0.25, -0.2) is 0 Å². The molecule has 0 bridgehead atoms. The van der Waals surface area contributed by atoms with Crippen LogP contribution in [0.4, 0.5) is 0 Å². The highest BCUT2D eigenvalue weighted by Gasteiger charge is 2.12. The molecule has 0 radical (unpaired) electrons. The molecule has 0 aliphatic carbocycles. The second kappa shape index (κ2) is 6.38. The molecule has 0 spiro atoms. The molecule has 3 nitrogen and oxygen atoms in total. The molecular weight excluding hydrogens is 176 g/mol. The lowest BCUT2D eigenvalue weighted by Crippen LogP contribution is -2.29. The number of carbonyl (C=O) groups is 1. The summed E-state index contributed by atoms with van der Waals surface area (Å²) in [6.45, 7) is 2.37. The summed E-state index contributed by atoms with van der Waals surface area (Å²) >= 11 is 0. The molecular formula is C11H18N2O. The lowest BCUT2D eigenvalue weighted by atomic mass is 9.97. The standard InChI is InChI=1S/C11H18N2O/c1-13-8-5-11(6-9-13)4-2-3-7-12-10-14/h2-4,7,10-11H,5-6,8-9H2,1H3,(H,12,14)/b4-2-,7-3-. The maximum Gasteiger partial charge on any atom is 0.211 e. The SMILES string of the molecule is CN1CCC(/C=C\C=C/NC=O)CC1. The number of rotatable bonds is 4. The van der Waals surface area contributed by atoms with Crippen molar-refractivity contribution in [3.63, 3.8) is 0 Å². The number of allylic oxidation sites excluding steroid dienone is 3. The molecule has 0 aromatic carbocycles. The van der Waals surface area contributed by atoms with Crippen LogP contribution in [0.25, 0.3) is 0 Å². The van der Waals surface area contributed by atoms with E-state index in [2.05, 4.69) is 23.3 Å². The van der Waals surface area contributed by atoms with Crippen LogP contribution in [-0.2, 0) is 4.79 Å². The van der Waals surface area contributed by atoms with Gasteiger partial charge in [0.25, 0.3) is 0 Å². The summed E-state index contributed by atoms with van der Waals surface area (Å²) in [6, 6.07) is 0. The Balaban J connectivity index is 2.20. The van der Waals surface area contributed by atoms with E-state index in [0.717, 1.165) is 0 Å². The average molecular weight is 194 g/mol. The number of nitrogens with zero attached hydrogens (tertiary/aromatic N) is 1. The average Bonchev–Trinajstić information content (AvgIpc) is 2.21. The Morgan fingerprint density at radius 1 is 1.29 bits per heavy atom. The summed E-state index contributed by atoms with van der Waals surface area (Å²) in [5.41, 5.74) is 0. The van der Waals surface area contributed by atoms with Gasteiger partial charge in [0, 0.05) is 6.20 Å². The van der Waals surface area contributed by atoms with Gasteiger partial charge in [0.05, 0.1) is 0 Å². The zero-order valence-corrected chi connectivity index (χ0v) is 8.65. The molecule has 1 saturated heterocycles. The third-order valence-electron chi connectivity index (χ3n) is 2.52. The molecule has 0 unspecified atom stereocenters. The molecule has 0 atom stereocenters. The molecule has 1 aliphatic heterocycles. The molecule has 1 fully saturated rings. The Bertz CT molecular complexity index is 215. The quantitative estimate of drug-likeness (QED) is 0.538. The summed E-state index contributed by atoms with van der Waals surface area (Å²) in [4.78, 5) is 12.3. The number of carbonyl (C=O) groups excluding carboxylic acids is 1. The van der Waals surface area contributed by atoms with Crippen LogP contribution in [0.15, 0.2) is 24.4 Å². The third-order valence-corrected chi connectivity index (χ3v) is 2.52. The first-order chi connectivity index (χ1) is 6.83. The van der Waals surface area contributed by atoms with Crippen molar-refractivity contribution in [3.8, 4) is 0 Å². The van der Waals surface area contributed by atoms with E-state index in [0.29, 0.717) is 12.3 Å². The van der Waals surface area contributed by atoms with Gasteiger partial charge < -0.3 is 10.2 Å². The summed E-state index contributed by atoms with van der Waals surface area (Å²) in [5.74, 6) is 0.701. The predicted molar refractivity (Wildman–Crippen MR) is 57.7 cm³/mol. The number of hydrogen-bond donors (Lipinski definition) is 1. The number of nitrogens with one attached hydrogen (secondary N) is 1. The topological polar surface area (TPSA) is 32.3 Å². The van der Waals surface area contributed by atoms with Gasteiger partial charge in [-0.15, -0.1) is 0 Å². The number of piperidine rings is 1. The van der Waals surface area contributed by atoms with Gasteiger partial charge in [0.2, 0.25) is 6.41 Å². The predicted octanol–water partition coefficient (Wildman–Crippen LogP) is 1.14. The fourth-order valence-corrected chi connectivity index (χ4v) is 1.59. The van der Waals surface area contributed by atoms with Crippen LogP contribution < -0.4 is 5.32 Å². The zero-order valence-electron chi connectivity index (χ0n) is 8.65. The largest absolute Gasteiger partial charge is 0.335 e. The normalized spacial score (nSPS) is 20.6. The highest BCUT2D eigenvalue weighted by molar-refractivity contribution is 5.47. The van der Waals surface area contributed by atoms with Crippen molar-refractivity contribution < 1.29 is 4.79 Å². The Hall–Kier alpha value is -1.09. The molecule has 1 heterocycles. The lowest BCUT2D eigenvalue weighted by Gasteiger charge is -2.26. The smallest absolute Gasteiger partial charge is 0.211 e. The van der Waals surface area contributed by atoms with Crippen molar-refractivity contribution >= 4 is 6.41 Å². The van der Waals surface area contributed by atoms with E-state index in [-0.39, 0.29) is 0 Å². The van der Waals surface area contributed by atoms with Crippen LogP contribution in [0.2, 0.25) is 0 Å². The maximum absolute atomic E-state index is 9.91. The first-order valence-corrected chi connectivity index (χ1v) is 5.04. The van der Waals surface area contributed by atoms with Gasteiger partial charge >= 0.3 is 0 Å². The van der Waals surface area contributed by atoms with Crippen LogP contribution in [0.3, 0.4) is 0 Å². The van der Waals surface area contributed by atoms with Gasteiger partial charge in [-0.05, 0) is 45.0 Å². The number of likely N-dealkylation sites (tertiary alicyclic amines) is 1. The van der Waals surface area contributed by atoms with Crippen molar-refractivity contribution in [2.75, 3.05) is 20.1 Å². The highest BCUT2D eigenvalue weighted by atomic mass is 16.1. The molecule has 0 aromatic rings. The monoisotopic (exact) mass is 194 g/mol.